The molecule has 0 bridgehead atoms. The quantitative estimate of drug-likeness (QED) is 0.310. The van der Waals surface area contributed by atoms with Crippen LogP contribution in [0.5, 0.6) is 17.4 Å². The number of ether oxygens (including phenoxy) is 3. The zero-order chi connectivity index (χ0) is 40.7. The first-order valence-corrected chi connectivity index (χ1v) is 21.9. The van der Waals surface area contributed by atoms with E-state index in [0.29, 0.717) is 73.5 Å². The Bertz CT molecular complexity index is 2050. The molecule has 15 nitrogen and oxygen atoms in total. The molecule has 0 unspecified atom stereocenters. The summed E-state index contributed by atoms with van der Waals surface area (Å²) < 4.78 is 46.0. The molecule has 1 aromatic carbocycles. The summed E-state index contributed by atoms with van der Waals surface area (Å²) in [7, 11) is -2.40. The monoisotopic (exact) mass is 808 g/mol. The number of amides is 5. The van der Waals surface area contributed by atoms with Crippen LogP contribution in [-0.2, 0) is 24.4 Å². The molecule has 2 aliphatic carbocycles. The third-order valence-corrected chi connectivity index (χ3v) is 14.3. The minimum Gasteiger partial charge on any atom is -0.496 e. The van der Waals surface area contributed by atoms with Gasteiger partial charge in [0.1, 0.15) is 35.2 Å². The van der Waals surface area contributed by atoms with Gasteiger partial charge in [-0.2, -0.15) is 0 Å². The Morgan fingerprint density at radius 1 is 1.05 bits per heavy atom. The highest BCUT2D eigenvalue weighted by Gasteiger charge is 2.63. The first-order valence-electron chi connectivity index (χ1n) is 20.4. The lowest BCUT2D eigenvalue weighted by molar-refractivity contribution is -0.141. The Morgan fingerprint density at radius 3 is 2.51 bits per heavy atom. The van der Waals surface area contributed by atoms with Crippen LogP contribution >= 0.6 is 0 Å². The lowest BCUT2D eigenvalue weighted by Gasteiger charge is -2.30. The van der Waals surface area contributed by atoms with Gasteiger partial charge in [-0.25, -0.2) is 18.2 Å². The number of rotatable bonds is 9. The maximum absolute atomic E-state index is 14.7. The fraction of sp³-hybridized carbons (Fsp3) is 0.634. The standard InChI is InChI=1S/C41H56N6O9S/c1-25(2)55-34-22-33(29-15-16-32(54-5)26(3)35(29)43-34)56-28-21-31-36(48)44-41(38(50)45-57(52,53)40(4)17-18-40)23-27(41)13-9-7-6-8-10-14-30(37(49)47(31)24-28)42-39(51)46-19-11-12-20-46/h9,13,15-16,22,25,27-28,30-31H,6-8,10-12,14,17-21,23-24H2,1-5H3,(H,42,51)(H,44,48)(H,45,50)/b13-9-/t27-,28-,30+,31+,41-/m1/s1. The molecule has 0 radical (unpaired) electrons. The van der Waals surface area contributed by atoms with Crippen molar-refractivity contribution in [2.24, 2.45) is 5.92 Å². The number of allylic oxidation sites excluding steroid dienone is 1. The van der Waals surface area contributed by atoms with Crippen molar-refractivity contribution in [2.45, 2.75) is 133 Å². The molecule has 2 aromatic rings. The molecular weight excluding hydrogens is 753 g/mol. The second-order valence-corrected chi connectivity index (χ2v) is 19.0. The number of aryl methyl sites for hydroxylation is 1. The van der Waals surface area contributed by atoms with Crippen LogP contribution in [0.1, 0.15) is 97.0 Å². The number of pyridine rings is 1. The van der Waals surface area contributed by atoms with Crippen molar-refractivity contribution in [3.63, 3.8) is 0 Å². The molecule has 310 valence electrons. The van der Waals surface area contributed by atoms with Gasteiger partial charge in [0.05, 0.1) is 30.0 Å². The molecule has 2 saturated carbocycles. The van der Waals surface area contributed by atoms with E-state index in [1.807, 2.05) is 45.1 Å². The van der Waals surface area contributed by atoms with E-state index in [2.05, 4.69) is 15.4 Å². The topological polar surface area (TPSA) is 186 Å². The predicted octanol–water partition coefficient (Wildman–Crippen LogP) is 4.26. The van der Waals surface area contributed by atoms with Crippen molar-refractivity contribution in [3.8, 4) is 17.4 Å². The number of benzene rings is 1. The Kier molecular flexibility index (Phi) is 11.4. The molecule has 7 rings (SSSR count). The van der Waals surface area contributed by atoms with Crippen molar-refractivity contribution in [1.82, 2.24) is 30.1 Å². The number of carbonyl (C=O) groups is 4. The van der Waals surface area contributed by atoms with E-state index < -0.39 is 62.1 Å². The summed E-state index contributed by atoms with van der Waals surface area (Å²) >= 11 is 0. The molecule has 5 aliphatic rings. The molecule has 5 amide bonds. The zero-order valence-electron chi connectivity index (χ0n) is 33.6. The number of sulfonamides is 1. The number of nitrogens with zero attached hydrogens (tertiary/aromatic N) is 3. The minimum absolute atomic E-state index is 0.0155. The highest BCUT2D eigenvalue weighted by atomic mass is 32.2. The third-order valence-electron chi connectivity index (χ3n) is 12.2. The maximum atomic E-state index is 14.7. The summed E-state index contributed by atoms with van der Waals surface area (Å²) in [6, 6.07) is 3.07. The molecule has 4 fully saturated rings. The SMILES string of the molecule is COc1ccc2c(O[C@@H]3C[C@H]4C(=O)N[C@]5(C(=O)NS(=O)(=O)C6(C)CC6)C[C@H]5/C=C\CCCCC[C@H](NC(=O)N5CCCC5)C(=O)N4C3)cc(OC(C)C)nc2c1C. The normalized spacial score (nSPS) is 28.0. The molecule has 0 spiro atoms. The molecule has 5 atom stereocenters. The molecule has 3 N–H and O–H groups in total. The smallest absolute Gasteiger partial charge is 0.318 e. The second-order valence-electron chi connectivity index (χ2n) is 16.8. The van der Waals surface area contributed by atoms with E-state index >= 15 is 0 Å². The summed E-state index contributed by atoms with van der Waals surface area (Å²) in [5.74, 6) is -0.798. The van der Waals surface area contributed by atoms with Gasteiger partial charge in [-0.1, -0.05) is 25.0 Å². The summed E-state index contributed by atoms with van der Waals surface area (Å²) in [6.07, 6.45) is 9.33. The lowest BCUT2D eigenvalue weighted by atomic mass is 10.0. The average Bonchev–Trinajstić information content (AvgIpc) is 3.91. The van der Waals surface area contributed by atoms with Crippen LogP contribution in [0.2, 0.25) is 0 Å². The number of urea groups is 1. The fourth-order valence-electron chi connectivity index (χ4n) is 8.26. The first kappa shape index (κ1) is 40.6. The van der Waals surface area contributed by atoms with Crippen molar-refractivity contribution in [1.29, 1.82) is 0 Å². The Hall–Kier alpha value is -4.60. The van der Waals surface area contributed by atoms with Crippen molar-refractivity contribution < 1.29 is 41.8 Å². The Labute approximate surface area is 334 Å². The van der Waals surface area contributed by atoms with Crippen molar-refractivity contribution >= 4 is 44.7 Å². The van der Waals surface area contributed by atoms with Crippen LogP contribution in [0.4, 0.5) is 4.79 Å². The van der Waals surface area contributed by atoms with Crippen LogP contribution in [0, 0.1) is 12.8 Å². The first-order chi connectivity index (χ1) is 27.1. The largest absolute Gasteiger partial charge is 0.496 e. The molecule has 3 aliphatic heterocycles. The average molecular weight is 809 g/mol. The number of hydrogen-bond acceptors (Lipinski definition) is 10. The molecule has 57 heavy (non-hydrogen) atoms. The number of hydrogen-bond donors (Lipinski definition) is 3. The van der Waals surface area contributed by atoms with Gasteiger partial charge in [0.15, 0.2) is 0 Å². The summed E-state index contributed by atoms with van der Waals surface area (Å²) in [5.41, 5.74) is -0.109. The van der Waals surface area contributed by atoms with Gasteiger partial charge in [0.25, 0.3) is 5.91 Å². The van der Waals surface area contributed by atoms with Crippen LogP contribution < -0.4 is 29.6 Å². The molecule has 4 heterocycles. The van der Waals surface area contributed by atoms with Crippen LogP contribution in [0.25, 0.3) is 10.9 Å². The van der Waals surface area contributed by atoms with Crippen LogP contribution in [0.3, 0.4) is 0 Å². The van der Waals surface area contributed by atoms with Gasteiger partial charge in [0, 0.05) is 42.4 Å². The van der Waals surface area contributed by atoms with Gasteiger partial charge in [-0.05, 0) is 91.2 Å². The number of fused-ring (bicyclic) bond motifs is 3. The Balaban J connectivity index is 1.22. The fourth-order valence-corrected chi connectivity index (χ4v) is 9.58. The van der Waals surface area contributed by atoms with Crippen molar-refractivity contribution in [2.75, 3.05) is 26.7 Å². The maximum Gasteiger partial charge on any atom is 0.318 e. The van der Waals surface area contributed by atoms with Gasteiger partial charge < -0.3 is 34.6 Å². The number of nitrogens with one attached hydrogen (secondary N) is 3. The van der Waals surface area contributed by atoms with E-state index in [-0.39, 0.29) is 31.5 Å². The van der Waals surface area contributed by atoms with E-state index in [1.165, 1.54) is 4.90 Å². The number of carbonyl (C=O) groups excluding carboxylic acids is 4. The summed E-state index contributed by atoms with van der Waals surface area (Å²) in [6.45, 7) is 8.52. The van der Waals surface area contributed by atoms with Crippen molar-refractivity contribution in [3.05, 3.63) is 35.9 Å². The third kappa shape index (κ3) is 8.37. The van der Waals surface area contributed by atoms with Gasteiger partial charge in [-0.15, -0.1) is 0 Å². The van der Waals surface area contributed by atoms with Crippen LogP contribution in [0.15, 0.2) is 30.4 Å². The molecule has 1 aromatic heterocycles. The van der Waals surface area contributed by atoms with Crippen LogP contribution in [-0.4, -0.2) is 108 Å². The molecular formula is C41H56N6O9S. The lowest BCUT2D eigenvalue weighted by Crippen LogP contribution is -2.59. The highest BCUT2D eigenvalue weighted by molar-refractivity contribution is 7.91. The molecule has 2 saturated heterocycles. The summed E-state index contributed by atoms with van der Waals surface area (Å²) in [4.78, 5) is 64.6. The van der Waals surface area contributed by atoms with Gasteiger partial charge >= 0.3 is 6.03 Å². The number of methoxy groups -OCH3 is 1. The zero-order valence-corrected chi connectivity index (χ0v) is 34.4. The van der Waals surface area contributed by atoms with E-state index in [1.54, 1.807) is 25.0 Å². The van der Waals surface area contributed by atoms with E-state index in [0.717, 1.165) is 31.2 Å². The van der Waals surface area contributed by atoms with E-state index in [9.17, 15) is 27.6 Å². The second kappa shape index (κ2) is 16.0. The van der Waals surface area contributed by atoms with Gasteiger partial charge in [0.2, 0.25) is 27.7 Å². The highest BCUT2D eigenvalue weighted by Crippen LogP contribution is 2.47. The van der Waals surface area contributed by atoms with Gasteiger partial charge in [-0.3, -0.25) is 19.1 Å². The number of aromatic nitrogens is 1. The summed E-state index contributed by atoms with van der Waals surface area (Å²) in [5, 5.41) is 6.61. The number of likely N-dealkylation sites (tertiary alicyclic amines) is 1. The molecule has 16 heteroatoms. The predicted molar refractivity (Wildman–Crippen MR) is 212 cm³/mol. The van der Waals surface area contributed by atoms with E-state index in [4.69, 9.17) is 19.2 Å². The Morgan fingerprint density at radius 2 is 1.81 bits per heavy atom. The minimum atomic E-state index is -3.99.